The Morgan fingerprint density at radius 1 is 1.06 bits per heavy atom. The third-order valence-corrected chi connectivity index (χ3v) is 5.66. The summed E-state index contributed by atoms with van der Waals surface area (Å²) in [6.45, 7) is 4.15. The SMILES string of the molecule is Cc1nc(-c2ccncc2)[nH]c(=O)c1CCC(=O)NC(C)c1ccc(OCc2cccnc2)cc1. The number of nitrogens with zero attached hydrogens (tertiary/aromatic N) is 3. The van der Waals surface area contributed by atoms with Gasteiger partial charge in [0.25, 0.3) is 5.56 Å². The smallest absolute Gasteiger partial charge is 0.254 e. The lowest BCUT2D eigenvalue weighted by atomic mass is 10.1. The molecule has 35 heavy (non-hydrogen) atoms. The summed E-state index contributed by atoms with van der Waals surface area (Å²) in [6, 6.07) is 14.8. The lowest BCUT2D eigenvalue weighted by molar-refractivity contribution is -0.121. The van der Waals surface area contributed by atoms with E-state index in [1.54, 1.807) is 43.8 Å². The monoisotopic (exact) mass is 469 g/mol. The number of ether oxygens (including phenoxy) is 1. The molecule has 1 amide bonds. The summed E-state index contributed by atoms with van der Waals surface area (Å²) in [6.07, 6.45) is 7.29. The number of aryl methyl sites for hydroxylation is 1. The molecule has 1 atom stereocenters. The Bertz CT molecular complexity index is 1320. The number of hydrogen-bond donors (Lipinski definition) is 2. The summed E-state index contributed by atoms with van der Waals surface area (Å²) in [5.41, 5.74) is 3.64. The predicted molar refractivity (Wildman–Crippen MR) is 133 cm³/mol. The highest BCUT2D eigenvalue weighted by Gasteiger charge is 2.14. The van der Waals surface area contributed by atoms with Gasteiger partial charge in [0.15, 0.2) is 0 Å². The molecule has 1 aromatic carbocycles. The highest BCUT2D eigenvalue weighted by molar-refractivity contribution is 5.76. The van der Waals surface area contributed by atoms with Crippen molar-refractivity contribution >= 4 is 5.91 Å². The second-order valence-electron chi connectivity index (χ2n) is 8.22. The van der Waals surface area contributed by atoms with E-state index in [-0.39, 0.29) is 23.9 Å². The van der Waals surface area contributed by atoms with Crippen molar-refractivity contribution in [1.29, 1.82) is 0 Å². The molecular weight excluding hydrogens is 442 g/mol. The van der Waals surface area contributed by atoms with E-state index < -0.39 is 0 Å². The van der Waals surface area contributed by atoms with Crippen LogP contribution in [0.5, 0.6) is 5.75 Å². The Labute approximate surface area is 203 Å². The molecule has 0 radical (unpaired) electrons. The average Bonchev–Trinajstić information content (AvgIpc) is 2.88. The van der Waals surface area contributed by atoms with E-state index >= 15 is 0 Å². The van der Waals surface area contributed by atoms with E-state index in [1.807, 2.05) is 43.3 Å². The zero-order chi connectivity index (χ0) is 24.6. The van der Waals surface area contributed by atoms with Crippen LogP contribution < -0.4 is 15.6 Å². The Kier molecular flexibility index (Phi) is 7.62. The van der Waals surface area contributed by atoms with Crippen molar-refractivity contribution in [3.8, 4) is 17.1 Å². The molecule has 4 rings (SSSR count). The fourth-order valence-electron chi connectivity index (χ4n) is 3.69. The van der Waals surface area contributed by atoms with Crippen molar-refractivity contribution in [2.45, 2.75) is 39.3 Å². The molecule has 0 aliphatic carbocycles. The van der Waals surface area contributed by atoms with E-state index in [0.29, 0.717) is 30.1 Å². The number of carbonyl (C=O) groups excluding carboxylic acids is 1. The third-order valence-electron chi connectivity index (χ3n) is 5.66. The maximum absolute atomic E-state index is 12.6. The molecule has 8 nitrogen and oxygen atoms in total. The lowest BCUT2D eigenvalue weighted by Crippen LogP contribution is -2.28. The first kappa shape index (κ1) is 23.8. The number of rotatable bonds is 9. The second kappa shape index (κ2) is 11.2. The fraction of sp³-hybridized carbons (Fsp3) is 0.222. The third kappa shape index (κ3) is 6.38. The molecular formula is C27H27N5O3. The van der Waals surface area contributed by atoms with Crippen LogP contribution in [0, 0.1) is 6.92 Å². The van der Waals surface area contributed by atoms with Gasteiger partial charge < -0.3 is 15.0 Å². The predicted octanol–water partition coefficient (Wildman–Crippen LogP) is 3.92. The minimum atomic E-state index is -0.230. The first-order valence-electron chi connectivity index (χ1n) is 11.4. The number of aromatic nitrogens is 4. The Balaban J connectivity index is 1.30. The van der Waals surface area contributed by atoms with Crippen LogP contribution in [0.1, 0.15) is 41.8 Å². The molecule has 4 aromatic rings. The summed E-state index contributed by atoms with van der Waals surface area (Å²) in [4.78, 5) is 40.5. The molecule has 178 valence electrons. The van der Waals surface area contributed by atoms with Crippen LogP contribution in [0.2, 0.25) is 0 Å². The normalized spacial score (nSPS) is 11.6. The highest BCUT2D eigenvalue weighted by atomic mass is 16.5. The molecule has 0 aliphatic rings. The number of pyridine rings is 2. The Morgan fingerprint density at radius 2 is 1.83 bits per heavy atom. The minimum Gasteiger partial charge on any atom is -0.489 e. The van der Waals surface area contributed by atoms with Crippen LogP contribution in [0.25, 0.3) is 11.4 Å². The topological polar surface area (TPSA) is 110 Å². The van der Waals surface area contributed by atoms with Crippen molar-refractivity contribution in [1.82, 2.24) is 25.3 Å². The van der Waals surface area contributed by atoms with E-state index in [1.165, 1.54) is 0 Å². The molecule has 0 saturated carbocycles. The summed E-state index contributed by atoms with van der Waals surface area (Å²) < 4.78 is 5.79. The Hall–Kier alpha value is -4.33. The summed E-state index contributed by atoms with van der Waals surface area (Å²) in [5, 5.41) is 2.99. The molecule has 3 aromatic heterocycles. The molecule has 0 bridgehead atoms. The molecule has 1 unspecified atom stereocenters. The number of hydrogen-bond acceptors (Lipinski definition) is 6. The quantitative estimate of drug-likeness (QED) is 0.384. The zero-order valence-corrected chi connectivity index (χ0v) is 19.7. The number of carbonyl (C=O) groups is 1. The molecule has 3 heterocycles. The van der Waals surface area contributed by atoms with Crippen molar-refractivity contribution in [2.75, 3.05) is 0 Å². The van der Waals surface area contributed by atoms with Crippen molar-refractivity contribution in [2.24, 2.45) is 0 Å². The largest absolute Gasteiger partial charge is 0.489 e. The van der Waals surface area contributed by atoms with Gasteiger partial charge in [-0.15, -0.1) is 0 Å². The van der Waals surface area contributed by atoms with Gasteiger partial charge in [-0.2, -0.15) is 0 Å². The summed E-state index contributed by atoms with van der Waals surface area (Å²) in [7, 11) is 0. The lowest BCUT2D eigenvalue weighted by Gasteiger charge is -2.15. The van der Waals surface area contributed by atoms with Crippen molar-refractivity contribution in [3.63, 3.8) is 0 Å². The van der Waals surface area contributed by atoms with Gasteiger partial charge >= 0.3 is 0 Å². The van der Waals surface area contributed by atoms with Crippen LogP contribution in [-0.4, -0.2) is 25.8 Å². The highest BCUT2D eigenvalue weighted by Crippen LogP contribution is 2.19. The molecule has 8 heteroatoms. The van der Waals surface area contributed by atoms with Gasteiger partial charge in [0.1, 0.15) is 18.2 Å². The van der Waals surface area contributed by atoms with Crippen molar-refractivity contribution in [3.05, 3.63) is 106 Å². The standard InChI is InChI=1S/C27H27N5O3/c1-18(21-5-7-23(8-6-21)35-17-20-4-3-13-29-16-20)30-25(33)10-9-24-19(2)31-26(32-27(24)34)22-11-14-28-15-12-22/h3-8,11-16,18H,9-10,17H2,1-2H3,(H,30,33)(H,31,32,34). The van der Waals surface area contributed by atoms with E-state index in [9.17, 15) is 9.59 Å². The van der Waals surface area contributed by atoms with E-state index in [2.05, 4.69) is 25.3 Å². The fourth-order valence-corrected chi connectivity index (χ4v) is 3.69. The van der Waals surface area contributed by atoms with Crippen LogP contribution in [0.4, 0.5) is 0 Å². The van der Waals surface area contributed by atoms with Gasteiger partial charge in [-0.05, 0) is 56.2 Å². The zero-order valence-electron chi connectivity index (χ0n) is 19.7. The van der Waals surface area contributed by atoms with Crippen LogP contribution in [-0.2, 0) is 17.8 Å². The maximum atomic E-state index is 12.6. The number of nitrogens with one attached hydrogen (secondary N) is 2. The van der Waals surface area contributed by atoms with Gasteiger partial charge in [-0.25, -0.2) is 4.98 Å². The van der Waals surface area contributed by atoms with Gasteiger partial charge in [-0.3, -0.25) is 19.6 Å². The molecule has 0 fully saturated rings. The Morgan fingerprint density at radius 3 is 2.51 bits per heavy atom. The van der Waals surface area contributed by atoms with Gasteiger partial charge in [0.2, 0.25) is 5.91 Å². The number of amides is 1. The maximum Gasteiger partial charge on any atom is 0.254 e. The van der Waals surface area contributed by atoms with E-state index in [4.69, 9.17) is 4.74 Å². The van der Waals surface area contributed by atoms with Crippen molar-refractivity contribution < 1.29 is 9.53 Å². The van der Waals surface area contributed by atoms with E-state index in [0.717, 1.165) is 22.4 Å². The first-order chi connectivity index (χ1) is 17.0. The number of aromatic amines is 1. The molecule has 2 N–H and O–H groups in total. The first-order valence-corrected chi connectivity index (χ1v) is 11.4. The van der Waals surface area contributed by atoms with Gasteiger partial charge in [0, 0.05) is 53.6 Å². The van der Waals surface area contributed by atoms with Crippen LogP contribution in [0.3, 0.4) is 0 Å². The molecule has 0 aliphatic heterocycles. The minimum absolute atomic E-state index is 0.133. The van der Waals surface area contributed by atoms with Crippen LogP contribution in [0.15, 0.2) is 78.1 Å². The average molecular weight is 470 g/mol. The van der Waals surface area contributed by atoms with Crippen LogP contribution >= 0.6 is 0 Å². The molecule has 0 saturated heterocycles. The summed E-state index contributed by atoms with van der Waals surface area (Å²) in [5.74, 6) is 1.10. The second-order valence-corrected chi connectivity index (χ2v) is 8.22. The molecule has 0 spiro atoms. The number of H-pyrrole nitrogens is 1. The summed E-state index contributed by atoms with van der Waals surface area (Å²) >= 11 is 0. The number of benzene rings is 1. The van der Waals surface area contributed by atoms with Gasteiger partial charge in [0.05, 0.1) is 6.04 Å². The van der Waals surface area contributed by atoms with Gasteiger partial charge in [-0.1, -0.05) is 18.2 Å².